The van der Waals surface area contributed by atoms with Gasteiger partial charge >= 0.3 is 0 Å². The molecule has 2 aromatic rings. The summed E-state index contributed by atoms with van der Waals surface area (Å²) in [6.07, 6.45) is 3.65. The minimum atomic E-state index is -3.47. The van der Waals surface area contributed by atoms with E-state index in [1.54, 1.807) is 18.2 Å². The van der Waals surface area contributed by atoms with Crippen LogP contribution in [0.4, 0.5) is 5.69 Å². The lowest BCUT2D eigenvalue weighted by molar-refractivity contribution is -0.121. The van der Waals surface area contributed by atoms with Crippen molar-refractivity contribution in [1.82, 2.24) is 5.32 Å². The van der Waals surface area contributed by atoms with Crippen molar-refractivity contribution in [3.05, 3.63) is 64.2 Å². The van der Waals surface area contributed by atoms with Crippen molar-refractivity contribution in [2.24, 2.45) is 0 Å². The molecule has 158 valence electrons. The topological polar surface area (TPSA) is 66.5 Å². The first kappa shape index (κ1) is 23.2. The van der Waals surface area contributed by atoms with E-state index in [1.165, 1.54) is 21.7 Å². The van der Waals surface area contributed by atoms with E-state index < -0.39 is 10.0 Å². The summed E-state index contributed by atoms with van der Waals surface area (Å²) >= 11 is 6.03. The lowest BCUT2D eigenvalue weighted by Crippen LogP contribution is -2.32. The highest BCUT2D eigenvalue weighted by Gasteiger charge is 2.19. The lowest BCUT2D eigenvalue weighted by Gasteiger charge is -2.24. The third-order valence-corrected chi connectivity index (χ3v) is 6.07. The van der Waals surface area contributed by atoms with Gasteiger partial charge in [0.1, 0.15) is 0 Å². The fourth-order valence-corrected chi connectivity index (χ4v) is 4.36. The second-order valence-corrected chi connectivity index (χ2v) is 9.66. The van der Waals surface area contributed by atoms with E-state index in [9.17, 15) is 13.2 Å². The van der Waals surface area contributed by atoms with Gasteiger partial charge in [-0.1, -0.05) is 47.5 Å². The molecule has 0 atom stereocenters. The molecule has 0 aliphatic carbocycles. The Morgan fingerprint density at radius 3 is 2.55 bits per heavy atom. The van der Waals surface area contributed by atoms with Gasteiger partial charge in [0.2, 0.25) is 15.9 Å². The Hall–Kier alpha value is -2.05. The first-order valence-electron chi connectivity index (χ1n) is 9.73. The van der Waals surface area contributed by atoms with Crippen molar-refractivity contribution >= 4 is 33.2 Å². The second kappa shape index (κ2) is 10.6. The van der Waals surface area contributed by atoms with Crippen LogP contribution in [0, 0.1) is 13.8 Å². The molecule has 5 nitrogen and oxygen atoms in total. The van der Waals surface area contributed by atoms with Gasteiger partial charge in [-0.25, -0.2) is 8.42 Å². The number of rotatable bonds is 10. The maximum Gasteiger partial charge on any atom is 0.232 e. The Bertz CT molecular complexity index is 945. The molecule has 1 N–H and O–H groups in total. The zero-order valence-electron chi connectivity index (χ0n) is 17.2. The number of nitrogens with one attached hydrogen (secondary N) is 1. The molecule has 0 spiro atoms. The van der Waals surface area contributed by atoms with Crippen LogP contribution < -0.4 is 9.62 Å². The van der Waals surface area contributed by atoms with Crippen LogP contribution in [0.15, 0.2) is 42.5 Å². The number of hydrogen-bond acceptors (Lipinski definition) is 3. The van der Waals surface area contributed by atoms with Gasteiger partial charge in [-0.15, -0.1) is 0 Å². The molecule has 7 heteroatoms. The van der Waals surface area contributed by atoms with Gasteiger partial charge in [-0.2, -0.15) is 0 Å². The fourth-order valence-electron chi connectivity index (χ4n) is 3.18. The molecule has 0 aliphatic heterocycles. The zero-order chi connectivity index (χ0) is 21.4. The van der Waals surface area contributed by atoms with Crippen molar-refractivity contribution in [1.29, 1.82) is 0 Å². The molecular weight excluding hydrogens is 408 g/mol. The van der Waals surface area contributed by atoms with Crippen molar-refractivity contribution in [3.63, 3.8) is 0 Å². The number of amides is 1. The van der Waals surface area contributed by atoms with Crippen molar-refractivity contribution in [3.8, 4) is 0 Å². The average molecular weight is 437 g/mol. The lowest BCUT2D eigenvalue weighted by atomic mass is 10.1. The quantitative estimate of drug-likeness (QED) is 0.566. The summed E-state index contributed by atoms with van der Waals surface area (Å²) in [6.45, 7) is 4.74. The number of hydrogen-bond donors (Lipinski definition) is 1. The molecule has 1 amide bonds. The molecule has 0 heterocycles. The number of halogens is 1. The number of aryl methyl sites for hydroxylation is 3. The summed E-state index contributed by atoms with van der Waals surface area (Å²) in [5.74, 6) is -0.0643. The highest BCUT2D eigenvalue weighted by molar-refractivity contribution is 7.92. The molecule has 0 bridgehead atoms. The van der Waals surface area contributed by atoms with Gasteiger partial charge in [-0.05, 0) is 56.4 Å². The highest BCUT2D eigenvalue weighted by Crippen LogP contribution is 2.26. The monoisotopic (exact) mass is 436 g/mol. The minimum Gasteiger partial charge on any atom is -0.356 e. The molecule has 0 aliphatic rings. The van der Waals surface area contributed by atoms with E-state index in [4.69, 9.17) is 11.6 Å². The van der Waals surface area contributed by atoms with Crippen LogP contribution in [0.2, 0.25) is 5.02 Å². The van der Waals surface area contributed by atoms with Gasteiger partial charge in [0, 0.05) is 24.5 Å². The molecule has 0 saturated carbocycles. The SMILES string of the molecule is Cc1cccc(CCCNC(=O)CCCN(c2cc(Cl)ccc2C)S(C)(=O)=O)c1. The Labute approximate surface area is 179 Å². The molecule has 2 aromatic carbocycles. The molecule has 0 unspecified atom stereocenters. The van der Waals surface area contributed by atoms with Crippen LogP contribution >= 0.6 is 11.6 Å². The predicted octanol–water partition coefficient (Wildman–Crippen LogP) is 4.25. The standard InChI is InChI=1S/C22H29ClN2O3S/c1-17-7-4-8-19(15-17)9-5-13-24-22(26)10-6-14-25(29(3,27)28)21-16-20(23)12-11-18(21)2/h4,7-8,11-12,15-16H,5-6,9-10,13-14H2,1-3H3,(H,24,26). The zero-order valence-corrected chi connectivity index (χ0v) is 18.8. The van der Waals surface area contributed by atoms with Crippen LogP contribution in [0.5, 0.6) is 0 Å². The summed E-state index contributed by atoms with van der Waals surface area (Å²) in [7, 11) is -3.47. The molecular formula is C22H29ClN2O3S. The first-order chi connectivity index (χ1) is 13.7. The largest absolute Gasteiger partial charge is 0.356 e. The Kier molecular flexibility index (Phi) is 8.53. The van der Waals surface area contributed by atoms with Crippen LogP contribution in [0.3, 0.4) is 0 Å². The number of nitrogens with zero attached hydrogens (tertiary/aromatic N) is 1. The maximum atomic E-state index is 12.2. The van der Waals surface area contributed by atoms with Gasteiger partial charge in [0.25, 0.3) is 0 Å². The maximum absolute atomic E-state index is 12.2. The van der Waals surface area contributed by atoms with E-state index >= 15 is 0 Å². The fraction of sp³-hybridized carbons (Fsp3) is 0.409. The van der Waals surface area contributed by atoms with E-state index in [1.807, 2.05) is 13.0 Å². The van der Waals surface area contributed by atoms with Gasteiger partial charge < -0.3 is 5.32 Å². The summed E-state index contributed by atoms with van der Waals surface area (Å²) in [5, 5.41) is 3.39. The van der Waals surface area contributed by atoms with E-state index in [2.05, 4.69) is 30.4 Å². The highest BCUT2D eigenvalue weighted by atomic mass is 35.5. The third kappa shape index (κ3) is 7.71. The molecule has 29 heavy (non-hydrogen) atoms. The smallest absolute Gasteiger partial charge is 0.232 e. The summed E-state index contributed by atoms with van der Waals surface area (Å²) in [4.78, 5) is 12.1. The molecule has 0 saturated heterocycles. The van der Waals surface area contributed by atoms with Crippen LogP contribution in [0.1, 0.15) is 36.0 Å². The number of benzene rings is 2. The summed E-state index contributed by atoms with van der Waals surface area (Å²) < 4.78 is 25.8. The van der Waals surface area contributed by atoms with Crippen LogP contribution in [0.25, 0.3) is 0 Å². The molecule has 0 fully saturated rings. The van der Waals surface area contributed by atoms with E-state index in [0.29, 0.717) is 23.7 Å². The van der Waals surface area contributed by atoms with Crippen LogP contribution in [-0.2, 0) is 21.2 Å². The second-order valence-electron chi connectivity index (χ2n) is 7.31. The van der Waals surface area contributed by atoms with Crippen molar-refractivity contribution in [2.75, 3.05) is 23.7 Å². The minimum absolute atomic E-state index is 0.0643. The summed E-state index contributed by atoms with van der Waals surface area (Å²) in [5.41, 5.74) is 3.87. The molecule has 2 rings (SSSR count). The Morgan fingerprint density at radius 2 is 1.86 bits per heavy atom. The Balaban J connectivity index is 1.80. The third-order valence-electron chi connectivity index (χ3n) is 4.65. The van der Waals surface area contributed by atoms with Crippen molar-refractivity contribution < 1.29 is 13.2 Å². The molecule has 0 aromatic heterocycles. The van der Waals surface area contributed by atoms with Crippen LogP contribution in [-0.4, -0.2) is 33.7 Å². The van der Waals surface area contributed by atoms with E-state index in [0.717, 1.165) is 18.4 Å². The Morgan fingerprint density at radius 1 is 1.10 bits per heavy atom. The van der Waals surface area contributed by atoms with Gasteiger partial charge in [-0.3, -0.25) is 9.10 Å². The normalized spacial score (nSPS) is 11.3. The number of carbonyl (C=O) groups is 1. The van der Waals surface area contributed by atoms with Gasteiger partial charge in [0.05, 0.1) is 11.9 Å². The number of carbonyl (C=O) groups excluding carboxylic acids is 1. The predicted molar refractivity (Wildman–Crippen MR) is 120 cm³/mol. The number of anilines is 1. The average Bonchev–Trinajstić information content (AvgIpc) is 2.64. The summed E-state index contributed by atoms with van der Waals surface area (Å²) in [6, 6.07) is 13.5. The first-order valence-corrected chi connectivity index (χ1v) is 12.0. The van der Waals surface area contributed by atoms with Gasteiger partial charge in [0.15, 0.2) is 0 Å². The van der Waals surface area contributed by atoms with Crippen molar-refractivity contribution in [2.45, 2.75) is 39.5 Å². The number of sulfonamides is 1. The molecule has 0 radical (unpaired) electrons. The van der Waals surface area contributed by atoms with E-state index in [-0.39, 0.29) is 18.9 Å².